The predicted molar refractivity (Wildman–Crippen MR) is 76.5 cm³/mol. The van der Waals surface area contributed by atoms with E-state index in [4.69, 9.17) is 10.5 Å². The van der Waals surface area contributed by atoms with Crippen LogP contribution < -0.4 is 10.6 Å². The molecule has 0 aromatic heterocycles. The zero-order valence-corrected chi connectivity index (χ0v) is 12.1. The number of nitrogens with zero attached hydrogens (tertiary/aromatic N) is 1. The highest BCUT2D eigenvalue weighted by Gasteiger charge is 2.35. The van der Waals surface area contributed by atoms with E-state index in [-0.39, 0.29) is 13.0 Å². The Balaban J connectivity index is 2.11. The van der Waals surface area contributed by atoms with Gasteiger partial charge in [0.25, 0.3) is 5.92 Å². The van der Waals surface area contributed by atoms with Gasteiger partial charge in [-0.25, -0.2) is 13.2 Å². The number of hydrogen-bond donors (Lipinski definition) is 1. The Kier molecular flexibility index (Phi) is 5.11. The molecule has 0 radical (unpaired) electrons. The Bertz CT molecular complexity index is 453. The van der Waals surface area contributed by atoms with Gasteiger partial charge in [-0.1, -0.05) is 12.1 Å². The minimum atomic E-state index is -2.64. The van der Waals surface area contributed by atoms with E-state index in [1.54, 1.807) is 29.2 Å². The summed E-state index contributed by atoms with van der Waals surface area (Å²) in [5, 5.41) is 0. The lowest BCUT2D eigenvalue weighted by Gasteiger charge is -2.34. The van der Waals surface area contributed by atoms with Gasteiger partial charge < -0.3 is 15.4 Å². The fourth-order valence-corrected chi connectivity index (χ4v) is 2.70. The van der Waals surface area contributed by atoms with Gasteiger partial charge in [-0.3, -0.25) is 0 Å². The predicted octanol–water partition coefficient (Wildman–Crippen LogP) is 2.91. The van der Waals surface area contributed by atoms with Crippen LogP contribution in [0.25, 0.3) is 0 Å². The number of rotatable bonds is 5. The van der Waals surface area contributed by atoms with E-state index in [1.807, 2.05) is 0 Å². The number of hydrogen-bond acceptors (Lipinski definition) is 3. The Morgan fingerprint density at radius 1 is 1.33 bits per heavy atom. The number of methoxy groups -OCH3 is 1. The highest BCUT2D eigenvalue weighted by molar-refractivity contribution is 5.48. The summed E-state index contributed by atoms with van der Waals surface area (Å²) in [4.78, 5) is 1.67. The second kappa shape index (κ2) is 6.66. The summed E-state index contributed by atoms with van der Waals surface area (Å²) in [6.45, 7) is -0.324. The van der Waals surface area contributed by atoms with Gasteiger partial charge in [-0.15, -0.1) is 0 Å². The van der Waals surface area contributed by atoms with E-state index in [1.165, 1.54) is 7.11 Å². The average Bonchev–Trinajstić information content (AvgIpc) is 2.47. The van der Waals surface area contributed by atoms with Crippen molar-refractivity contribution in [2.75, 3.05) is 31.8 Å². The third-order valence-corrected chi connectivity index (χ3v) is 3.80. The normalized spacial score (nSPS) is 21.1. The zero-order valence-electron chi connectivity index (χ0n) is 12.1. The third kappa shape index (κ3) is 3.89. The summed E-state index contributed by atoms with van der Waals surface area (Å²) >= 11 is 0. The smallest absolute Gasteiger partial charge is 0.265 e. The molecule has 1 heterocycles. The molecule has 2 rings (SSSR count). The minimum Gasteiger partial charge on any atom is -0.375 e. The number of nitrogens with two attached hydrogens (primary N) is 1. The Hall–Kier alpha value is -1.27. The summed E-state index contributed by atoms with van der Waals surface area (Å²) in [7, 11) is 1.47. The average molecular weight is 302 g/mol. The van der Waals surface area contributed by atoms with E-state index in [0.717, 1.165) is 11.3 Å². The lowest BCUT2D eigenvalue weighted by atomic mass is 10.0. The number of ether oxygens (including phenoxy) is 1. The van der Waals surface area contributed by atoms with E-state index >= 15 is 0 Å². The first-order valence-electron chi connectivity index (χ1n) is 7.04. The molecule has 1 aliphatic rings. The molecule has 1 fully saturated rings. The van der Waals surface area contributed by atoms with Crippen LogP contribution in [0.5, 0.6) is 0 Å². The van der Waals surface area contributed by atoms with Crippen LogP contribution in [0, 0.1) is 0 Å². The Morgan fingerprint density at radius 3 is 2.52 bits per heavy atom. The van der Waals surface area contributed by atoms with E-state index < -0.39 is 24.7 Å². The Labute approximate surface area is 122 Å². The molecule has 2 atom stereocenters. The maximum Gasteiger partial charge on any atom is 0.265 e. The molecule has 0 saturated carbocycles. The van der Waals surface area contributed by atoms with Crippen molar-refractivity contribution in [1.82, 2.24) is 0 Å². The monoisotopic (exact) mass is 302 g/mol. The maximum atomic E-state index is 13.4. The summed E-state index contributed by atoms with van der Waals surface area (Å²) in [6.07, 6.45) is -0.118. The molecule has 118 valence electrons. The molecule has 3 nitrogen and oxygen atoms in total. The van der Waals surface area contributed by atoms with E-state index in [2.05, 4.69) is 0 Å². The fraction of sp³-hybridized carbons (Fsp3) is 0.600. The fourth-order valence-electron chi connectivity index (χ4n) is 2.70. The number of halogens is 3. The van der Waals surface area contributed by atoms with Crippen LogP contribution in [-0.2, 0) is 4.74 Å². The van der Waals surface area contributed by atoms with Gasteiger partial charge in [0.2, 0.25) is 0 Å². The Morgan fingerprint density at radius 2 is 2.00 bits per heavy atom. The summed E-state index contributed by atoms with van der Waals surface area (Å²) in [5.74, 6) is -2.64. The number of alkyl halides is 3. The summed E-state index contributed by atoms with van der Waals surface area (Å²) in [6, 6.07) is 6.29. The maximum absolute atomic E-state index is 13.4. The van der Waals surface area contributed by atoms with Crippen LogP contribution in [-0.4, -0.2) is 38.8 Å². The second-order valence-electron chi connectivity index (χ2n) is 5.45. The lowest BCUT2D eigenvalue weighted by Crippen LogP contribution is -2.42. The highest BCUT2D eigenvalue weighted by Crippen LogP contribution is 2.31. The van der Waals surface area contributed by atoms with Crippen molar-refractivity contribution in [2.24, 2.45) is 5.73 Å². The van der Waals surface area contributed by atoms with Crippen LogP contribution in [0.3, 0.4) is 0 Å². The summed E-state index contributed by atoms with van der Waals surface area (Å²) < 4.78 is 44.7. The van der Waals surface area contributed by atoms with Crippen molar-refractivity contribution in [2.45, 2.75) is 30.9 Å². The van der Waals surface area contributed by atoms with Crippen molar-refractivity contribution in [3.05, 3.63) is 29.8 Å². The molecule has 0 aliphatic carbocycles. The van der Waals surface area contributed by atoms with Crippen LogP contribution in [0.4, 0.5) is 18.9 Å². The topological polar surface area (TPSA) is 38.5 Å². The molecule has 2 N–H and O–H groups in total. The molecule has 6 heteroatoms. The molecule has 21 heavy (non-hydrogen) atoms. The van der Waals surface area contributed by atoms with Gasteiger partial charge >= 0.3 is 0 Å². The minimum absolute atomic E-state index is 0.0569. The van der Waals surface area contributed by atoms with Crippen LogP contribution >= 0.6 is 0 Å². The highest BCUT2D eigenvalue weighted by atomic mass is 19.3. The van der Waals surface area contributed by atoms with Crippen molar-refractivity contribution in [3.8, 4) is 0 Å². The number of anilines is 1. The van der Waals surface area contributed by atoms with Gasteiger partial charge in [0.05, 0.1) is 18.7 Å². The molecular formula is C15H21F3N2O. The molecule has 0 bridgehead atoms. The van der Waals surface area contributed by atoms with Crippen molar-refractivity contribution >= 4 is 5.69 Å². The molecule has 0 amide bonds. The van der Waals surface area contributed by atoms with Crippen molar-refractivity contribution in [1.29, 1.82) is 0 Å². The number of benzene rings is 1. The molecule has 0 spiro atoms. The zero-order chi connectivity index (χ0) is 15.5. The van der Waals surface area contributed by atoms with Crippen LogP contribution in [0.2, 0.25) is 0 Å². The largest absolute Gasteiger partial charge is 0.375 e. The molecule has 1 saturated heterocycles. The standard InChI is InChI=1S/C15H21F3N2O/c1-21-14(13(19)9-16)11-3-5-12(6-4-11)20-8-2-7-15(17,18)10-20/h3-6,13-14H,2,7-10,19H2,1H3. The van der Waals surface area contributed by atoms with Crippen molar-refractivity contribution < 1.29 is 17.9 Å². The second-order valence-corrected chi connectivity index (χ2v) is 5.45. The van der Waals surface area contributed by atoms with E-state index in [0.29, 0.717) is 13.0 Å². The first kappa shape index (κ1) is 16.1. The van der Waals surface area contributed by atoms with Gasteiger partial charge in [0.15, 0.2) is 0 Å². The van der Waals surface area contributed by atoms with E-state index in [9.17, 15) is 13.2 Å². The van der Waals surface area contributed by atoms with Gasteiger partial charge in [-0.05, 0) is 24.1 Å². The van der Waals surface area contributed by atoms with Crippen LogP contribution in [0.1, 0.15) is 24.5 Å². The first-order chi connectivity index (χ1) is 9.96. The quantitative estimate of drug-likeness (QED) is 0.909. The SMILES string of the molecule is COC(c1ccc(N2CCCC(F)(F)C2)cc1)C(N)CF. The lowest BCUT2D eigenvalue weighted by molar-refractivity contribution is -0.0116. The molecule has 1 aliphatic heterocycles. The number of piperidine rings is 1. The first-order valence-corrected chi connectivity index (χ1v) is 7.04. The summed E-state index contributed by atoms with van der Waals surface area (Å²) in [5.41, 5.74) is 7.15. The van der Waals surface area contributed by atoms with Crippen LogP contribution in [0.15, 0.2) is 24.3 Å². The van der Waals surface area contributed by atoms with Gasteiger partial charge in [0.1, 0.15) is 6.67 Å². The van der Waals surface area contributed by atoms with Gasteiger partial charge in [-0.2, -0.15) is 0 Å². The van der Waals surface area contributed by atoms with Crippen molar-refractivity contribution in [3.63, 3.8) is 0 Å². The molecule has 1 aromatic carbocycles. The molecular weight excluding hydrogens is 281 g/mol. The molecule has 1 aromatic rings. The van der Waals surface area contributed by atoms with Gasteiger partial charge in [0, 0.05) is 25.8 Å². The third-order valence-electron chi connectivity index (χ3n) is 3.80. The molecule has 2 unspecified atom stereocenters.